The Kier molecular flexibility index (Phi) is 4.21. The molecular weight excluding hydrogens is 286 g/mol. The van der Waals surface area contributed by atoms with Gasteiger partial charge in [0.15, 0.2) is 0 Å². The van der Waals surface area contributed by atoms with Gasteiger partial charge >= 0.3 is 0 Å². The molecule has 0 atom stereocenters. The highest BCUT2D eigenvalue weighted by Gasteiger charge is 2.24. The maximum atomic E-state index is 11.8. The Morgan fingerprint density at radius 3 is 2.59 bits per heavy atom. The fourth-order valence-corrected chi connectivity index (χ4v) is 2.26. The van der Waals surface area contributed by atoms with Crippen molar-refractivity contribution < 1.29 is 14.7 Å². The largest absolute Gasteiger partial charge is 0.483 e. The summed E-state index contributed by atoms with van der Waals surface area (Å²) in [7, 11) is 1.78. The van der Waals surface area contributed by atoms with Crippen LogP contribution < -0.4 is 11.5 Å². The molecule has 5 N–H and O–H groups in total. The molecule has 0 aliphatic carbocycles. The quantitative estimate of drug-likeness (QED) is 0.656. The van der Waals surface area contributed by atoms with Crippen LogP contribution in [0.1, 0.15) is 15.9 Å². The second-order valence-corrected chi connectivity index (χ2v) is 4.67. The molecule has 0 fully saturated rings. The number of aromatic nitrogens is 2. The lowest BCUT2D eigenvalue weighted by Gasteiger charge is -2.05. The minimum Gasteiger partial charge on any atom is -0.483 e. The van der Waals surface area contributed by atoms with Gasteiger partial charge in [-0.05, 0) is 17.7 Å². The van der Waals surface area contributed by atoms with Crippen molar-refractivity contribution in [3.63, 3.8) is 0 Å². The molecular formula is C14H15N5O3. The predicted octanol–water partition coefficient (Wildman–Crippen LogP) is 0.594. The third-order valence-electron chi connectivity index (χ3n) is 3.15. The highest BCUT2D eigenvalue weighted by molar-refractivity contribution is 5.98. The first kappa shape index (κ1) is 15.2. The van der Waals surface area contributed by atoms with E-state index in [2.05, 4.69) is 9.97 Å². The molecule has 1 amide bonds. The second-order valence-electron chi connectivity index (χ2n) is 4.67. The molecule has 1 aliphatic rings. The molecule has 3 rings (SSSR count). The lowest BCUT2D eigenvalue weighted by Crippen LogP contribution is -2.17. The molecule has 0 spiro atoms. The van der Waals surface area contributed by atoms with Crippen LogP contribution in [0.4, 0.5) is 11.8 Å². The van der Waals surface area contributed by atoms with E-state index in [0.29, 0.717) is 18.1 Å². The number of benzene rings is 1. The van der Waals surface area contributed by atoms with Crippen molar-refractivity contribution in [1.82, 2.24) is 14.9 Å². The number of nitrogens with zero attached hydrogens (tertiary/aromatic N) is 3. The van der Waals surface area contributed by atoms with Crippen LogP contribution in [0.15, 0.2) is 24.3 Å². The lowest BCUT2D eigenvalue weighted by molar-refractivity contribution is -0.122. The van der Waals surface area contributed by atoms with Gasteiger partial charge in [0, 0.05) is 30.8 Å². The Balaban J connectivity index is 0.000000545. The Bertz CT molecular complexity index is 712. The van der Waals surface area contributed by atoms with Crippen LogP contribution in [0.5, 0.6) is 0 Å². The summed E-state index contributed by atoms with van der Waals surface area (Å²) in [4.78, 5) is 29.8. The minimum atomic E-state index is -0.250. The van der Waals surface area contributed by atoms with Crippen LogP contribution in [0.25, 0.3) is 11.3 Å². The third-order valence-corrected chi connectivity index (χ3v) is 3.15. The number of amides is 1. The number of nitrogen functional groups attached to an aromatic ring is 2. The molecule has 0 saturated carbocycles. The number of nitrogens with two attached hydrogens (primary N) is 2. The van der Waals surface area contributed by atoms with E-state index in [1.807, 2.05) is 18.2 Å². The molecule has 0 bridgehead atoms. The van der Waals surface area contributed by atoms with E-state index < -0.39 is 0 Å². The molecule has 2 aromatic rings. The Morgan fingerprint density at radius 1 is 1.27 bits per heavy atom. The van der Waals surface area contributed by atoms with Crippen LogP contribution >= 0.6 is 0 Å². The molecule has 1 aromatic heterocycles. The van der Waals surface area contributed by atoms with Crippen LogP contribution in [0.3, 0.4) is 0 Å². The van der Waals surface area contributed by atoms with Gasteiger partial charge < -0.3 is 21.5 Å². The average molecular weight is 301 g/mol. The standard InChI is InChI=1S/C13H13N5O.CH2O2/c1-18-6-8-4-7(2-3-9(8)12(18)19)10-5-11(14)17-13(15)16-10;2-1-3/h2-5H,6H2,1H3,(H4,14,15,16,17);1H,(H,2,3). The smallest absolute Gasteiger partial charge is 0.290 e. The fraction of sp³-hybridized carbons (Fsp3) is 0.143. The zero-order valence-corrected chi connectivity index (χ0v) is 11.9. The minimum absolute atomic E-state index is 0.0447. The summed E-state index contributed by atoms with van der Waals surface area (Å²) in [6, 6.07) is 7.26. The van der Waals surface area contributed by atoms with E-state index in [1.165, 1.54) is 0 Å². The normalized spacial score (nSPS) is 12.4. The van der Waals surface area contributed by atoms with Crippen molar-refractivity contribution >= 4 is 24.1 Å². The first-order valence-corrected chi connectivity index (χ1v) is 6.33. The molecule has 0 radical (unpaired) electrons. The highest BCUT2D eigenvalue weighted by atomic mass is 16.3. The van der Waals surface area contributed by atoms with Gasteiger partial charge in [0.25, 0.3) is 12.4 Å². The van der Waals surface area contributed by atoms with Crippen LogP contribution in [0.2, 0.25) is 0 Å². The highest BCUT2D eigenvalue weighted by Crippen LogP contribution is 2.27. The van der Waals surface area contributed by atoms with Crippen LogP contribution in [0, 0.1) is 0 Å². The lowest BCUT2D eigenvalue weighted by atomic mass is 10.0. The summed E-state index contributed by atoms with van der Waals surface area (Å²) < 4.78 is 0. The maximum Gasteiger partial charge on any atom is 0.290 e. The van der Waals surface area contributed by atoms with Crippen molar-refractivity contribution in [2.45, 2.75) is 6.54 Å². The fourth-order valence-electron chi connectivity index (χ4n) is 2.26. The summed E-state index contributed by atoms with van der Waals surface area (Å²) in [6.45, 7) is 0.359. The van der Waals surface area contributed by atoms with E-state index in [0.717, 1.165) is 16.7 Å². The number of hydrogen-bond acceptors (Lipinski definition) is 6. The number of hydrogen-bond donors (Lipinski definition) is 3. The van der Waals surface area contributed by atoms with Gasteiger partial charge in [-0.15, -0.1) is 0 Å². The van der Waals surface area contributed by atoms with Gasteiger partial charge in [-0.2, -0.15) is 4.98 Å². The molecule has 22 heavy (non-hydrogen) atoms. The Labute approximate surface area is 126 Å². The first-order chi connectivity index (χ1) is 10.5. The van der Waals surface area contributed by atoms with E-state index in [1.54, 1.807) is 18.0 Å². The molecule has 0 unspecified atom stereocenters. The van der Waals surface area contributed by atoms with Gasteiger partial charge in [0.1, 0.15) is 5.82 Å². The van der Waals surface area contributed by atoms with Crippen LogP contribution in [-0.4, -0.2) is 39.4 Å². The number of anilines is 2. The first-order valence-electron chi connectivity index (χ1n) is 6.33. The van der Waals surface area contributed by atoms with E-state index in [-0.39, 0.29) is 18.3 Å². The van der Waals surface area contributed by atoms with Gasteiger partial charge in [-0.3, -0.25) is 9.59 Å². The molecule has 1 aliphatic heterocycles. The Morgan fingerprint density at radius 2 is 1.95 bits per heavy atom. The number of carbonyl (C=O) groups is 2. The molecule has 8 heteroatoms. The Hall–Kier alpha value is -3.16. The molecule has 8 nitrogen and oxygen atoms in total. The number of carboxylic acid groups (broad SMARTS) is 1. The molecule has 2 heterocycles. The van der Waals surface area contributed by atoms with Gasteiger partial charge in [-0.1, -0.05) is 6.07 Å². The second kappa shape index (κ2) is 6.08. The summed E-state index contributed by atoms with van der Waals surface area (Å²) >= 11 is 0. The maximum absolute atomic E-state index is 11.8. The number of rotatable bonds is 1. The predicted molar refractivity (Wildman–Crippen MR) is 80.8 cm³/mol. The summed E-state index contributed by atoms with van der Waals surface area (Å²) in [5.74, 6) is 0.517. The summed E-state index contributed by atoms with van der Waals surface area (Å²) in [5, 5.41) is 6.89. The van der Waals surface area contributed by atoms with Crippen molar-refractivity contribution in [1.29, 1.82) is 0 Å². The zero-order valence-electron chi connectivity index (χ0n) is 11.9. The molecule has 0 saturated heterocycles. The van der Waals surface area contributed by atoms with E-state index >= 15 is 0 Å². The van der Waals surface area contributed by atoms with Gasteiger partial charge in [0.05, 0.1) is 5.69 Å². The molecule has 1 aromatic carbocycles. The SMILES string of the molecule is CN1Cc2cc(-c3cc(N)nc(N)n3)ccc2C1=O.O=CO. The van der Waals surface area contributed by atoms with Crippen molar-refractivity contribution in [3.05, 3.63) is 35.4 Å². The summed E-state index contributed by atoms with van der Waals surface area (Å²) in [6.07, 6.45) is 0. The average Bonchev–Trinajstić information content (AvgIpc) is 2.73. The van der Waals surface area contributed by atoms with E-state index in [9.17, 15) is 4.79 Å². The summed E-state index contributed by atoms with van der Waals surface area (Å²) in [5.41, 5.74) is 14.5. The van der Waals surface area contributed by atoms with Crippen molar-refractivity contribution in [2.75, 3.05) is 18.5 Å². The van der Waals surface area contributed by atoms with Gasteiger partial charge in [0.2, 0.25) is 5.95 Å². The monoisotopic (exact) mass is 301 g/mol. The van der Waals surface area contributed by atoms with Gasteiger partial charge in [-0.25, -0.2) is 4.98 Å². The number of carbonyl (C=O) groups excluding carboxylic acids is 1. The molecule has 114 valence electrons. The topological polar surface area (TPSA) is 135 Å². The third kappa shape index (κ3) is 2.95. The van der Waals surface area contributed by atoms with Crippen molar-refractivity contribution in [2.24, 2.45) is 0 Å². The van der Waals surface area contributed by atoms with Crippen LogP contribution in [-0.2, 0) is 11.3 Å². The van der Waals surface area contributed by atoms with E-state index in [4.69, 9.17) is 21.4 Å². The van der Waals surface area contributed by atoms with Crippen molar-refractivity contribution in [3.8, 4) is 11.3 Å². The zero-order chi connectivity index (χ0) is 16.3. The number of fused-ring (bicyclic) bond motifs is 1.